The van der Waals surface area contributed by atoms with Crippen molar-refractivity contribution in [2.24, 2.45) is 0 Å². The molecule has 1 heterocycles. The van der Waals surface area contributed by atoms with Crippen LogP contribution >= 0.6 is 0 Å². The van der Waals surface area contributed by atoms with Crippen molar-refractivity contribution >= 4 is 5.91 Å². The van der Waals surface area contributed by atoms with Crippen molar-refractivity contribution in [3.63, 3.8) is 0 Å². The molecule has 1 atom stereocenters. The number of amides is 1. The second-order valence-corrected chi connectivity index (χ2v) is 5.90. The topological polar surface area (TPSA) is 71.7 Å². The average molecular weight is 317 g/mol. The monoisotopic (exact) mass is 317 g/mol. The molecule has 124 valence electrons. The van der Waals surface area contributed by atoms with Gasteiger partial charge in [0.2, 0.25) is 5.91 Å². The highest BCUT2D eigenvalue weighted by Crippen LogP contribution is 2.20. The maximum absolute atomic E-state index is 11.9. The van der Waals surface area contributed by atoms with Crippen molar-refractivity contribution in [1.82, 2.24) is 5.32 Å². The lowest BCUT2D eigenvalue weighted by atomic mass is 10.0. The predicted molar refractivity (Wildman–Crippen MR) is 87.3 cm³/mol. The van der Waals surface area contributed by atoms with Gasteiger partial charge in [-0.15, -0.1) is 0 Å². The Morgan fingerprint density at radius 3 is 2.83 bits per heavy atom. The third kappa shape index (κ3) is 4.86. The highest BCUT2D eigenvalue weighted by atomic mass is 16.5. The summed E-state index contributed by atoms with van der Waals surface area (Å²) in [6, 6.07) is 9.34. The lowest BCUT2D eigenvalue weighted by Gasteiger charge is -2.21. The molecule has 23 heavy (non-hydrogen) atoms. The van der Waals surface area contributed by atoms with E-state index in [9.17, 15) is 9.90 Å². The molecule has 2 N–H and O–H groups in total. The first-order valence-electron chi connectivity index (χ1n) is 7.61. The highest BCUT2D eigenvalue weighted by Gasteiger charge is 2.26. The number of rotatable bonds is 7. The molecule has 0 aliphatic rings. The second kappa shape index (κ2) is 7.33. The SMILES string of the molecule is Cc1ccc(C)c(OCCC(=O)NCC(C)(O)c2ccco2)c1. The van der Waals surface area contributed by atoms with E-state index in [1.54, 1.807) is 19.1 Å². The van der Waals surface area contributed by atoms with Gasteiger partial charge in [-0.05, 0) is 50.1 Å². The van der Waals surface area contributed by atoms with Gasteiger partial charge in [0.1, 0.15) is 17.1 Å². The molecule has 0 aliphatic heterocycles. The number of carbonyl (C=O) groups is 1. The molecule has 0 aliphatic carbocycles. The van der Waals surface area contributed by atoms with E-state index in [1.165, 1.54) is 6.26 Å². The van der Waals surface area contributed by atoms with E-state index in [4.69, 9.17) is 9.15 Å². The van der Waals surface area contributed by atoms with Crippen molar-refractivity contribution in [2.45, 2.75) is 32.8 Å². The summed E-state index contributed by atoms with van der Waals surface area (Å²) in [4.78, 5) is 11.9. The molecular weight excluding hydrogens is 294 g/mol. The van der Waals surface area contributed by atoms with Crippen LogP contribution in [-0.4, -0.2) is 24.2 Å². The largest absolute Gasteiger partial charge is 0.493 e. The smallest absolute Gasteiger partial charge is 0.223 e. The van der Waals surface area contributed by atoms with E-state index >= 15 is 0 Å². The molecule has 1 aromatic carbocycles. The minimum atomic E-state index is -1.23. The zero-order chi connectivity index (χ0) is 16.9. The maximum Gasteiger partial charge on any atom is 0.223 e. The third-order valence-electron chi connectivity index (χ3n) is 3.61. The summed E-state index contributed by atoms with van der Waals surface area (Å²) in [5.41, 5.74) is 0.925. The van der Waals surface area contributed by atoms with E-state index in [1.807, 2.05) is 32.0 Å². The first-order chi connectivity index (χ1) is 10.9. The van der Waals surface area contributed by atoms with E-state index in [0.29, 0.717) is 12.4 Å². The van der Waals surface area contributed by atoms with Crippen LogP contribution in [0.4, 0.5) is 0 Å². The second-order valence-electron chi connectivity index (χ2n) is 5.90. The van der Waals surface area contributed by atoms with Crippen LogP contribution in [0.15, 0.2) is 41.0 Å². The van der Waals surface area contributed by atoms with Gasteiger partial charge < -0.3 is 19.6 Å². The average Bonchev–Trinajstić information content (AvgIpc) is 3.04. The van der Waals surface area contributed by atoms with Gasteiger partial charge in [-0.1, -0.05) is 12.1 Å². The first kappa shape index (κ1) is 17.1. The molecule has 0 bridgehead atoms. The quantitative estimate of drug-likeness (QED) is 0.823. The predicted octanol–water partition coefficient (Wildman–Crippen LogP) is 2.69. The summed E-state index contributed by atoms with van der Waals surface area (Å²) in [6.45, 7) is 5.94. The molecule has 5 heteroatoms. The van der Waals surface area contributed by atoms with Crippen LogP contribution < -0.4 is 10.1 Å². The van der Waals surface area contributed by atoms with Gasteiger partial charge in [-0.25, -0.2) is 0 Å². The number of nitrogens with one attached hydrogen (secondary N) is 1. The number of ether oxygens (including phenoxy) is 1. The van der Waals surface area contributed by atoms with Gasteiger partial charge in [0.05, 0.1) is 25.8 Å². The van der Waals surface area contributed by atoms with Crippen molar-refractivity contribution in [1.29, 1.82) is 0 Å². The minimum Gasteiger partial charge on any atom is -0.493 e. The normalized spacial score (nSPS) is 13.4. The standard InChI is InChI=1S/C18H23NO4/c1-13-6-7-14(2)15(11-13)22-10-8-17(20)19-12-18(3,21)16-5-4-9-23-16/h4-7,9,11,21H,8,10,12H2,1-3H3,(H,19,20). The van der Waals surface area contributed by atoms with Gasteiger partial charge >= 0.3 is 0 Å². The molecule has 5 nitrogen and oxygen atoms in total. The van der Waals surface area contributed by atoms with Crippen LogP contribution in [0.25, 0.3) is 0 Å². The molecule has 0 radical (unpaired) electrons. The van der Waals surface area contributed by atoms with Gasteiger partial charge in [0, 0.05) is 0 Å². The van der Waals surface area contributed by atoms with E-state index in [2.05, 4.69) is 5.32 Å². The molecule has 1 unspecified atom stereocenters. The summed E-state index contributed by atoms with van der Waals surface area (Å²) >= 11 is 0. The van der Waals surface area contributed by atoms with Crippen molar-refractivity contribution in [3.05, 3.63) is 53.5 Å². The molecule has 0 saturated carbocycles. The van der Waals surface area contributed by atoms with Crippen LogP contribution in [-0.2, 0) is 10.4 Å². The summed E-state index contributed by atoms with van der Waals surface area (Å²) in [5.74, 6) is 1.03. The highest BCUT2D eigenvalue weighted by molar-refractivity contribution is 5.76. The molecule has 1 amide bonds. The lowest BCUT2D eigenvalue weighted by molar-refractivity contribution is -0.122. The molecule has 0 fully saturated rings. The van der Waals surface area contributed by atoms with Crippen LogP contribution in [0.2, 0.25) is 0 Å². The fourth-order valence-corrected chi connectivity index (χ4v) is 2.15. The van der Waals surface area contributed by atoms with Crippen LogP contribution in [0.5, 0.6) is 5.75 Å². The number of benzene rings is 1. The lowest BCUT2D eigenvalue weighted by Crippen LogP contribution is -2.38. The number of hydrogen-bond donors (Lipinski definition) is 2. The molecule has 2 aromatic rings. The Hall–Kier alpha value is -2.27. The summed E-state index contributed by atoms with van der Waals surface area (Å²) < 4.78 is 10.8. The number of aryl methyl sites for hydroxylation is 2. The number of aliphatic hydroxyl groups is 1. The van der Waals surface area contributed by atoms with E-state index in [-0.39, 0.29) is 18.9 Å². The summed E-state index contributed by atoms with van der Waals surface area (Å²) in [5, 5.41) is 12.9. The Balaban J connectivity index is 1.76. The van der Waals surface area contributed by atoms with Gasteiger partial charge in [0.15, 0.2) is 0 Å². The van der Waals surface area contributed by atoms with Crippen molar-refractivity contribution in [3.8, 4) is 5.75 Å². The molecule has 2 rings (SSSR count). The fourth-order valence-electron chi connectivity index (χ4n) is 2.15. The molecule has 1 aromatic heterocycles. The minimum absolute atomic E-state index is 0.0861. The Bertz CT molecular complexity index is 647. The molecule has 0 saturated heterocycles. The Kier molecular flexibility index (Phi) is 5.45. The Labute approximate surface area is 136 Å². The number of furan rings is 1. The Morgan fingerprint density at radius 1 is 1.35 bits per heavy atom. The molecule has 0 spiro atoms. The van der Waals surface area contributed by atoms with Crippen LogP contribution in [0, 0.1) is 13.8 Å². The van der Waals surface area contributed by atoms with E-state index in [0.717, 1.165) is 16.9 Å². The summed E-state index contributed by atoms with van der Waals surface area (Å²) in [7, 11) is 0. The van der Waals surface area contributed by atoms with Gasteiger partial charge in [-0.2, -0.15) is 0 Å². The zero-order valence-corrected chi connectivity index (χ0v) is 13.8. The Morgan fingerprint density at radius 2 is 2.13 bits per heavy atom. The maximum atomic E-state index is 11.9. The molecular formula is C18H23NO4. The zero-order valence-electron chi connectivity index (χ0n) is 13.8. The van der Waals surface area contributed by atoms with Crippen LogP contribution in [0.1, 0.15) is 30.2 Å². The number of hydrogen-bond acceptors (Lipinski definition) is 4. The van der Waals surface area contributed by atoms with E-state index < -0.39 is 5.60 Å². The van der Waals surface area contributed by atoms with Gasteiger partial charge in [-0.3, -0.25) is 4.79 Å². The van der Waals surface area contributed by atoms with Crippen molar-refractivity contribution in [2.75, 3.05) is 13.2 Å². The van der Waals surface area contributed by atoms with Crippen LogP contribution in [0.3, 0.4) is 0 Å². The first-order valence-corrected chi connectivity index (χ1v) is 7.61. The van der Waals surface area contributed by atoms with Crippen molar-refractivity contribution < 1.29 is 19.1 Å². The third-order valence-corrected chi connectivity index (χ3v) is 3.61. The fraction of sp³-hybridized carbons (Fsp3) is 0.389. The van der Waals surface area contributed by atoms with Gasteiger partial charge in [0.25, 0.3) is 0 Å². The summed E-state index contributed by atoms with van der Waals surface area (Å²) in [6.07, 6.45) is 1.71. The number of carbonyl (C=O) groups excluding carboxylic acids is 1.